The van der Waals surface area contributed by atoms with Crippen molar-refractivity contribution in [3.8, 4) is 19.5 Å². The van der Waals surface area contributed by atoms with Crippen LogP contribution >= 0.6 is 99.9 Å². The highest BCUT2D eigenvalue weighted by molar-refractivity contribution is 9.11. The predicted molar refractivity (Wildman–Crippen MR) is 142 cm³/mol. The van der Waals surface area contributed by atoms with Gasteiger partial charge in [-0.1, -0.05) is 0 Å². The SMILES string of the molecule is Cc1c(-c2ccc(Br)s2)sc2c1sc1c3sc(-c4ccc(Br)s4)c(C)c3sc21. The molecular formula is C20H10Br2S6. The molecule has 0 fully saturated rings. The fourth-order valence-corrected chi connectivity index (χ4v) is 12.6. The van der Waals surface area contributed by atoms with Gasteiger partial charge >= 0.3 is 0 Å². The van der Waals surface area contributed by atoms with Gasteiger partial charge in [0.15, 0.2) is 0 Å². The minimum absolute atomic E-state index is 1.20. The average molecular weight is 603 g/mol. The van der Waals surface area contributed by atoms with Crippen LogP contribution in [0.2, 0.25) is 0 Å². The van der Waals surface area contributed by atoms with Crippen molar-refractivity contribution < 1.29 is 0 Å². The van der Waals surface area contributed by atoms with Crippen LogP contribution in [0.15, 0.2) is 31.8 Å². The van der Waals surface area contributed by atoms with Crippen LogP contribution in [-0.4, -0.2) is 0 Å². The van der Waals surface area contributed by atoms with Crippen molar-refractivity contribution in [1.29, 1.82) is 0 Å². The number of thiophene rings is 6. The monoisotopic (exact) mass is 600 g/mol. The third-order valence-electron chi connectivity index (χ3n) is 4.80. The lowest BCUT2D eigenvalue weighted by Crippen LogP contribution is -1.68. The van der Waals surface area contributed by atoms with E-state index >= 15 is 0 Å². The smallest absolute Gasteiger partial charge is 0.0705 e. The molecule has 6 aromatic heterocycles. The number of fused-ring (bicyclic) bond motifs is 5. The molecule has 8 heteroatoms. The topological polar surface area (TPSA) is 0 Å². The summed E-state index contributed by atoms with van der Waals surface area (Å²) in [5.41, 5.74) is 2.87. The second-order valence-electron chi connectivity index (χ2n) is 6.50. The van der Waals surface area contributed by atoms with Gasteiger partial charge < -0.3 is 0 Å². The first-order valence-corrected chi connectivity index (χ1v) is 14.9. The van der Waals surface area contributed by atoms with E-state index in [9.17, 15) is 0 Å². The summed E-state index contributed by atoms with van der Waals surface area (Å²) in [6.45, 7) is 4.57. The van der Waals surface area contributed by atoms with Crippen molar-refractivity contribution in [1.82, 2.24) is 0 Å². The molecular weight excluding hydrogens is 592 g/mol. The minimum atomic E-state index is 1.20. The second kappa shape index (κ2) is 6.72. The third kappa shape index (κ3) is 2.66. The molecule has 0 atom stereocenters. The molecule has 0 amide bonds. The second-order valence-corrected chi connectivity index (χ2v) is 15.5. The Morgan fingerprint density at radius 3 is 1.25 bits per heavy atom. The maximum absolute atomic E-state index is 3.61. The highest BCUT2D eigenvalue weighted by Gasteiger charge is 2.23. The first-order valence-electron chi connectivity index (χ1n) is 8.40. The fourth-order valence-electron chi connectivity index (χ4n) is 3.48. The van der Waals surface area contributed by atoms with Crippen LogP contribution in [-0.2, 0) is 0 Å². The van der Waals surface area contributed by atoms with Gasteiger partial charge in [0.25, 0.3) is 0 Å². The molecule has 0 spiro atoms. The quantitative estimate of drug-likeness (QED) is 0.185. The predicted octanol–water partition coefficient (Wildman–Crippen LogP) is 11.0. The van der Waals surface area contributed by atoms with Crippen molar-refractivity contribution in [2.45, 2.75) is 13.8 Å². The Hall–Kier alpha value is -0.0600. The van der Waals surface area contributed by atoms with E-state index in [4.69, 9.17) is 0 Å². The van der Waals surface area contributed by atoms with E-state index in [1.807, 2.05) is 68.0 Å². The molecule has 0 unspecified atom stereocenters. The summed E-state index contributed by atoms with van der Waals surface area (Å²) in [7, 11) is 0. The standard InChI is InChI=1S/C20H10Br2S6/c1-7-13(9-3-5-11(21)23-9)25-17-15(7)27-20-18-16(28-19(17)20)8(2)14(26-18)10-4-6-12(22)24-10/h3-6H,1-2H3. The largest absolute Gasteiger partial charge is 0.132 e. The number of hydrogen-bond donors (Lipinski definition) is 0. The van der Waals surface area contributed by atoms with Crippen LogP contribution in [0, 0.1) is 13.8 Å². The molecule has 6 heterocycles. The van der Waals surface area contributed by atoms with E-state index in [1.54, 1.807) is 0 Å². The molecule has 0 saturated carbocycles. The molecule has 0 aliphatic carbocycles. The molecule has 28 heavy (non-hydrogen) atoms. The molecule has 0 aliphatic heterocycles. The van der Waals surface area contributed by atoms with Gasteiger partial charge in [-0.05, 0) is 81.1 Å². The Balaban J connectivity index is 1.60. The number of halogens is 2. The first-order chi connectivity index (χ1) is 13.5. The molecule has 0 radical (unpaired) electrons. The molecule has 6 aromatic rings. The van der Waals surface area contributed by atoms with Crippen LogP contribution < -0.4 is 0 Å². The van der Waals surface area contributed by atoms with Crippen molar-refractivity contribution in [3.05, 3.63) is 43.0 Å². The van der Waals surface area contributed by atoms with E-state index in [2.05, 4.69) is 70.0 Å². The Labute approximate surface area is 202 Å². The van der Waals surface area contributed by atoms with Crippen molar-refractivity contribution in [2.24, 2.45) is 0 Å². The Kier molecular flexibility index (Phi) is 4.48. The maximum Gasteiger partial charge on any atom is 0.0705 e. The number of aryl methyl sites for hydroxylation is 2. The van der Waals surface area contributed by atoms with Crippen molar-refractivity contribution in [3.63, 3.8) is 0 Å². The van der Waals surface area contributed by atoms with E-state index < -0.39 is 0 Å². The summed E-state index contributed by atoms with van der Waals surface area (Å²) in [6.07, 6.45) is 0. The summed E-state index contributed by atoms with van der Waals surface area (Å²) < 4.78 is 11.3. The molecule has 0 saturated heterocycles. The van der Waals surface area contributed by atoms with E-state index in [0.29, 0.717) is 0 Å². The van der Waals surface area contributed by atoms with Crippen LogP contribution in [0.4, 0.5) is 0 Å². The molecule has 0 aliphatic rings. The number of hydrogen-bond acceptors (Lipinski definition) is 6. The lowest BCUT2D eigenvalue weighted by atomic mass is 10.2. The lowest BCUT2D eigenvalue weighted by Gasteiger charge is -1.94. The lowest BCUT2D eigenvalue weighted by molar-refractivity contribution is 1.62. The van der Waals surface area contributed by atoms with Gasteiger partial charge in [0.05, 0.1) is 35.8 Å². The zero-order valence-electron chi connectivity index (χ0n) is 14.5. The zero-order chi connectivity index (χ0) is 19.2. The van der Waals surface area contributed by atoms with Crippen molar-refractivity contribution >= 4 is 128 Å². The van der Waals surface area contributed by atoms with E-state index in [0.717, 1.165) is 0 Å². The van der Waals surface area contributed by atoms with Gasteiger partial charge in [-0.15, -0.1) is 68.0 Å². The Morgan fingerprint density at radius 2 is 0.893 bits per heavy atom. The zero-order valence-corrected chi connectivity index (χ0v) is 22.6. The van der Waals surface area contributed by atoms with Gasteiger partial charge in [0.1, 0.15) is 0 Å². The summed E-state index contributed by atoms with van der Waals surface area (Å²) in [4.78, 5) is 5.59. The van der Waals surface area contributed by atoms with Crippen LogP contribution in [0.5, 0.6) is 0 Å². The summed E-state index contributed by atoms with van der Waals surface area (Å²) in [5.74, 6) is 0. The Bertz CT molecular complexity index is 1400. The molecule has 0 bridgehead atoms. The first kappa shape index (κ1) is 18.7. The van der Waals surface area contributed by atoms with Crippen LogP contribution in [0.25, 0.3) is 47.7 Å². The molecule has 0 nitrogen and oxygen atoms in total. The fraction of sp³-hybridized carbons (Fsp3) is 0.100. The van der Waals surface area contributed by atoms with Gasteiger partial charge in [0, 0.05) is 19.5 Å². The molecule has 0 aromatic carbocycles. The molecule has 140 valence electrons. The van der Waals surface area contributed by atoms with Gasteiger partial charge in [-0.25, -0.2) is 0 Å². The average Bonchev–Trinajstić information content (AvgIpc) is 3.44. The summed E-state index contributed by atoms with van der Waals surface area (Å²) in [6, 6.07) is 8.77. The summed E-state index contributed by atoms with van der Waals surface area (Å²) in [5, 5.41) is 0. The van der Waals surface area contributed by atoms with E-state index in [1.165, 1.54) is 66.4 Å². The van der Waals surface area contributed by atoms with Crippen LogP contribution in [0.1, 0.15) is 11.1 Å². The molecule has 6 rings (SSSR count). The third-order valence-corrected chi connectivity index (χ3v) is 14.3. The maximum atomic E-state index is 3.61. The number of rotatable bonds is 2. The minimum Gasteiger partial charge on any atom is -0.132 e. The van der Waals surface area contributed by atoms with Gasteiger partial charge in [-0.3, -0.25) is 0 Å². The van der Waals surface area contributed by atoms with Gasteiger partial charge in [-0.2, -0.15) is 0 Å². The highest BCUT2D eigenvalue weighted by Crippen LogP contribution is 2.55. The summed E-state index contributed by atoms with van der Waals surface area (Å²) >= 11 is 18.8. The van der Waals surface area contributed by atoms with Crippen LogP contribution in [0.3, 0.4) is 0 Å². The highest BCUT2D eigenvalue weighted by atomic mass is 79.9. The van der Waals surface area contributed by atoms with Gasteiger partial charge in [0.2, 0.25) is 0 Å². The van der Waals surface area contributed by atoms with E-state index in [-0.39, 0.29) is 0 Å². The van der Waals surface area contributed by atoms with Crippen molar-refractivity contribution in [2.75, 3.05) is 0 Å². The Morgan fingerprint density at radius 1 is 0.500 bits per heavy atom. The molecule has 0 N–H and O–H groups in total. The normalized spacial score (nSPS) is 12.3.